The average molecular weight is 1510 g/mol. The zero-order valence-corrected chi connectivity index (χ0v) is 69.1. The van der Waals surface area contributed by atoms with Crippen LogP contribution >= 0.6 is 0 Å². The van der Waals surface area contributed by atoms with E-state index in [-0.39, 0.29) is 44.7 Å². The fourth-order valence-electron chi connectivity index (χ4n) is 15.7. The number of carbonyl (C=O) groups is 3. The van der Waals surface area contributed by atoms with Crippen LogP contribution in [0.25, 0.3) is 0 Å². The summed E-state index contributed by atoms with van der Waals surface area (Å²) in [6, 6.07) is -1.55. The molecule has 0 aromatic carbocycles. The van der Waals surface area contributed by atoms with E-state index in [1.807, 2.05) is 0 Å². The average Bonchev–Trinajstić information content (AvgIpc) is 0.743. The Balaban J connectivity index is 1.96. The minimum Gasteiger partial charge on any atom is -0.465 e. The number of hydrogen-bond acceptors (Lipinski definition) is 23. The summed E-state index contributed by atoms with van der Waals surface area (Å²) >= 11 is 0. The first-order valence-electron chi connectivity index (χ1n) is 40.3. The second kappa shape index (κ2) is 57.6. The van der Waals surface area contributed by atoms with Crippen LogP contribution in [0.2, 0.25) is 0 Å². The van der Waals surface area contributed by atoms with Crippen molar-refractivity contribution in [2.45, 2.75) is 361 Å². The second-order valence-corrected chi connectivity index (χ2v) is 29.2. The van der Waals surface area contributed by atoms with Gasteiger partial charge in [0.05, 0.1) is 57.8 Å². The Labute approximate surface area is 635 Å². The molecule has 0 bridgehead atoms. The standard InChI is InChI=1S/C80H152N2O23/c1-20-22-24-26-28-30-32-34-35-36-37-38-40-42-44-46-48-50-52-61(90-10)76(84)82(5)59(67(93-13)60(89-9)51-49-47-45-43-41-39-33-31-29-27-25-23-21-2)54-100-77-74(97-17)72(96-16)70(65(101-77)57-88-8)103-78-75(98-18)73(69(95-15)64(102-78)56-87-7)105-80(79(85)99-19)53-62(91-11)66(81(4)58(3)83)71(104-80)68(94-14)63(92-12)55-86-6/h59-75,77-78H,20-57H2,1-19H3/t59-,60+,61+,62-,63+,64+,65+,66+,67-,68+,69-,70+,71+,72-,73-,74+,75+,77+,78-,80-/m0/s1. The maximum atomic E-state index is 15.0. The van der Waals surface area contributed by atoms with Crippen LogP contribution < -0.4 is 0 Å². The molecule has 0 aromatic rings. The van der Waals surface area contributed by atoms with E-state index in [4.69, 9.17) is 94.7 Å². The number of nitrogens with zero attached hydrogens (tertiary/aromatic N) is 2. The van der Waals surface area contributed by atoms with Crippen molar-refractivity contribution in [2.24, 2.45) is 0 Å². The van der Waals surface area contributed by atoms with Gasteiger partial charge in [0.1, 0.15) is 79.4 Å². The van der Waals surface area contributed by atoms with Crippen LogP contribution in [0.5, 0.6) is 0 Å². The number of esters is 1. The topological polar surface area (TPSA) is 242 Å². The minimum absolute atomic E-state index is 0.0309. The zero-order chi connectivity index (χ0) is 77.4. The SMILES string of the molecule is CCCCCCCCCCCCCCCCCCCC[C@@H](OC)C(=O)N(C)[C@@H](CO[C@@H]1O[C@H](COC)[C@@H](O[C@@H]2O[C@H](COC)[C@H](OC)[C@H](O[C@]3(C(=O)OC)C[C@H](OC)[C@@H](N(C)C(C)=O)[C@H]([C@H](OC)[C@@H](COC)OC)O3)[C@H]2OC)[C@H](OC)[C@H]1OC)[C@H](OC)[C@@H](CCCCCCCCCCCCCCC)OC. The van der Waals surface area contributed by atoms with Crippen LogP contribution in [0.4, 0.5) is 0 Å². The van der Waals surface area contributed by atoms with E-state index in [1.54, 1.807) is 47.4 Å². The molecule has 0 N–H and O–H groups in total. The molecule has 0 spiro atoms. The van der Waals surface area contributed by atoms with Gasteiger partial charge in [0.25, 0.3) is 11.7 Å². The molecule has 25 heteroatoms. The van der Waals surface area contributed by atoms with Crippen molar-refractivity contribution < 1.29 is 109 Å². The highest BCUT2D eigenvalue weighted by molar-refractivity contribution is 5.81. The van der Waals surface area contributed by atoms with Crippen LogP contribution in [0, 0.1) is 0 Å². The lowest BCUT2D eigenvalue weighted by Gasteiger charge is -2.54. The first-order chi connectivity index (χ1) is 51.0. The number of rotatable bonds is 64. The monoisotopic (exact) mass is 1510 g/mol. The van der Waals surface area contributed by atoms with Gasteiger partial charge in [-0.3, -0.25) is 9.59 Å². The van der Waals surface area contributed by atoms with E-state index in [1.165, 1.54) is 243 Å². The summed E-state index contributed by atoms with van der Waals surface area (Å²) in [7, 11) is 24.5. The predicted molar refractivity (Wildman–Crippen MR) is 403 cm³/mol. The number of likely N-dealkylation sites (N-methyl/N-ethyl adjacent to an activating group) is 2. The summed E-state index contributed by atoms with van der Waals surface area (Å²) in [5.74, 6) is -3.73. The van der Waals surface area contributed by atoms with Gasteiger partial charge >= 0.3 is 5.97 Å². The molecule has 3 saturated heterocycles. The van der Waals surface area contributed by atoms with Gasteiger partial charge in [0, 0.05) is 120 Å². The molecule has 0 aromatic heterocycles. The van der Waals surface area contributed by atoms with Gasteiger partial charge in [-0.25, -0.2) is 4.79 Å². The molecule has 3 aliphatic rings. The molecule has 3 heterocycles. The summed E-state index contributed by atoms with van der Waals surface area (Å²) in [6.07, 6.45) is 23.6. The summed E-state index contributed by atoms with van der Waals surface area (Å²) in [5, 5.41) is 0. The van der Waals surface area contributed by atoms with Crippen LogP contribution in [-0.4, -0.2) is 290 Å². The predicted octanol–water partition coefficient (Wildman–Crippen LogP) is 12.6. The van der Waals surface area contributed by atoms with Gasteiger partial charge in [-0.15, -0.1) is 0 Å². The van der Waals surface area contributed by atoms with Gasteiger partial charge in [-0.1, -0.05) is 213 Å². The van der Waals surface area contributed by atoms with Gasteiger partial charge in [-0.2, -0.15) is 0 Å². The first-order valence-corrected chi connectivity index (χ1v) is 40.3. The molecular weight excluding hydrogens is 1360 g/mol. The molecule has 0 aliphatic carbocycles. The van der Waals surface area contributed by atoms with E-state index in [2.05, 4.69) is 13.8 Å². The van der Waals surface area contributed by atoms with E-state index in [0.717, 1.165) is 38.5 Å². The van der Waals surface area contributed by atoms with Crippen molar-refractivity contribution in [3.05, 3.63) is 0 Å². The Morgan fingerprint density at radius 2 is 0.905 bits per heavy atom. The van der Waals surface area contributed by atoms with E-state index < -0.39 is 128 Å². The summed E-state index contributed by atoms with van der Waals surface area (Å²) < 4.78 is 127. The molecule has 25 nitrogen and oxygen atoms in total. The Bertz CT molecular complexity index is 2160. The van der Waals surface area contributed by atoms with Crippen LogP contribution in [0.1, 0.15) is 239 Å². The zero-order valence-electron chi connectivity index (χ0n) is 69.1. The molecule has 3 aliphatic heterocycles. The van der Waals surface area contributed by atoms with Crippen molar-refractivity contribution in [2.75, 3.05) is 140 Å². The largest absolute Gasteiger partial charge is 0.465 e. The van der Waals surface area contributed by atoms with Crippen molar-refractivity contribution in [3.63, 3.8) is 0 Å². The van der Waals surface area contributed by atoms with E-state index in [9.17, 15) is 14.4 Å². The fraction of sp³-hybridized carbons (Fsp3) is 0.963. The van der Waals surface area contributed by atoms with Crippen LogP contribution in [0.15, 0.2) is 0 Å². The Morgan fingerprint density at radius 3 is 1.30 bits per heavy atom. The Kier molecular flexibility index (Phi) is 53.2. The maximum Gasteiger partial charge on any atom is 0.366 e. The number of methoxy groups -OCH3 is 14. The fourth-order valence-corrected chi connectivity index (χ4v) is 15.7. The molecule has 20 atom stereocenters. The third-order valence-corrected chi connectivity index (χ3v) is 22.0. The molecule has 0 saturated carbocycles. The highest BCUT2D eigenvalue weighted by Crippen LogP contribution is 2.43. The van der Waals surface area contributed by atoms with Crippen molar-refractivity contribution in [1.29, 1.82) is 0 Å². The number of unbranched alkanes of at least 4 members (excludes halogenated alkanes) is 29. The van der Waals surface area contributed by atoms with Gasteiger partial charge in [-0.05, 0) is 12.8 Å². The highest BCUT2D eigenvalue weighted by atomic mass is 16.8. The summed E-state index contributed by atoms with van der Waals surface area (Å²) in [6.45, 7) is 5.86. The van der Waals surface area contributed by atoms with Gasteiger partial charge in [0.2, 0.25) is 5.91 Å². The summed E-state index contributed by atoms with van der Waals surface area (Å²) in [4.78, 5) is 46.2. The molecule has 105 heavy (non-hydrogen) atoms. The molecule has 3 fully saturated rings. The third-order valence-electron chi connectivity index (χ3n) is 22.0. The molecule has 3 rings (SSSR count). The summed E-state index contributed by atoms with van der Waals surface area (Å²) in [5.41, 5.74) is 0. The smallest absolute Gasteiger partial charge is 0.366 e. The quantitative estimate of drug-likeness (QED) is 0.0406. The lowest BCUT2D eigenvalue weighted by atomic mass is 9.86. The molecule has 0 radical (unpaired) electrons. The van der Waals surface area contributed by atoms with Crippen molar-refractivity contribution in [1.82, 2.24) is 9.80 Å². The van der Waals surface area contributed by atoms with Gasteiger partial charge in [0.15, 0.2) is 12.6 Å². The number of amides is 2. The van der Waals surface area contributed by atoms with Crippen molar-refractivity contribution >= 4 is 17.8 Å². The molecule has 620 valence electrons. The lowest BCUT2D eigenvalue weighted by Crippen LogP contribution is -2.71. The minimum atomic E-state index is -2.30. The van der Waals surface area contributed by atoms with Crippen LogP contribution in [-0.2, 0) is 109 Å². The number of ether oxygens (including phenoxy) is 20. The lowest BCUT2D eigenvalue weighted by molar-refractivity contribution is -0.393. The van der Waals surface area contributed by atoms with Crippen molar-refractivity contribution in [3.8, 4) is 0 Å². The normalized spacial score (nSPS) is 26.8. The molecule has 2 amide bonds. The second-order valence-electron chi connectivity index (χ2n) is 29.2. The number of carbonyl (C=O) groups excluding carboxylic acids is 3. The van der Waals surface area contributed by atoms with Gasteiger partial charge < -0.3 is 105 Å². The maximum absolute atomic E-state index is 15.0. The van der Waals surface area contributed by atoms with E-state index in [0.29, 0.717) is 12.8 Å². The molecular formula is C80H152N2O23. The highest BCUT2D eigenvalue weighted by Gasteiger charge is 2.63. The molecule has 0 unspecified atom stereocenters. The Hall–Kier alpha value is -2.35. The first kappa shape index (κ1) is 96.8. The number of hydrogen-bond donors (Lipinski definition) is 0. The Morgan fingerprint density at radius 1 is 0.457 bits per heavy atom. The van der Waals surface area contributed by atoms with Crippen LogP contribution in [0.3, 0.4) is 0 Å². The third kappa shape index (κ3) is 32.0. The van der Waals surface area contributed by atoms with E-state index >= 15 is 0 Å².